The Kier molecular flexibility index (Phi) is 4.94. The first-order chi connectivity index (χ1) is 12.5. The van der Waals surface area contributed by atoms with Crippen molar-refractivity contribution in [3.8, 4) is 11.9 Å². The van der Waals surface area contributed by atoms with Crippen LogP contribution in [0.1, 0.15) is 33.4 Å². The molecule has 1 aromatic heterocycles. The lowest BCUT2D eigenvalue weighted by Gasteiger charge is -2.07. The average molecular weight is 346 g/mol. The molecule has 1 heterocycles. The molecular weight excluding hydrogens is 324 g/mol. The summed E-state index contributed by atoms with van der Waals surface area (Å²) >= 11 is 0. The summed E-state index contributed by atoms with van der Waals surface area (Å²) in [7, 11) is 0. The molecule has 2 aromatic carbocycles. The number of rotatable bonds is 5. The standard InChI is InChI=1S/C21H22N4O/c1-14-8-9-17(10-16(14)3)13-26-21-19(11-22)20(23)25(24-21)12-18-7-5-4-6-15(18)2/h4-10H,12-13,23H2,1-3H3. The lowest BCUT2D eigenvalue weighted by Crippen LogP contribution is -2.07. The maximum Gasteiger partial charge on any atom is 0.253 e. The van der Waals surface area contributed by atoms with Gasteiger partial charge in [-0.15, -0.1) is 5.10 Å². The molecule has 5 nitrogen and oxygen atoms in total. The molecule has 0 atom stereocenters. The molecule has 0 spiro atoms. The van der Waals surface area contributed by atoms with Crippen LogP contribution in [0.4, 0.5) is 5.82 Å². The molecule has 132 valence electrons. The summed E-state index contributed by atoms with van der Waals surface area (Å²) in [6, 6.07) is 16.3. The predicted molar refractivity (Wildman–Crippen MR) is 102 cm³/mol. The van der Waals surface area contributed by atoms with E-state index in [1.54, 1.807) is 4.68 Å². The van der Waals surface area contributed by atoms with Crippen LogP contribution in [-0.4, -0.2) is 9.78 Å². The molecule has 5 heteroatoms. The first-order valence-electron chi connectivity index (χ1n) is 8.49. The van der Waals surface area contributed by atoms with E-state index in [-0.39, 0.29) is 11.4 Å². The zero-order chi connectivity index (χ0) is 18.7. The number of aryl methyl sites for hydroxylation is 3. The van der Waals surface area contributed by atoms with Crippen molar-refractivity contribution in [1.29, 1.82) is 5.26 Å². The van der Waals surface area contributed by atoms with Crippen LogP contribution in [0.3, 0.4) is 0 Å². The second kappa shape index (κ2) is 7.32. The lowest BCUT2D eigenvalue weighted by atomic mass is 10.1. The van der Waals surface area contributed by atoms with Crippen LogP contribution in [0.5, 0.6) is 5.88 Å². The minimum atomic E-state index is 0.275. The minimum Gasteiger partial charge on any atom is -0.471 e. The molecule has 26 heavy (non-hydrogen) atoms. The summed E-state index contributed by atoms with van der Waals surface area (Å²) in [4.78, 5) is 0. The van der Waals surface area contributed by atoms with Gasteiger partial charge in [-0.3, -0.25) is 0 Å². The zero-order valence-electron chi connectivity index (χ0n) is 15.3. The predicted octanol–water partition coefficient (Wildman–Crippen LogP) is 3.89. The van der Waals surface area contributed by atoms with E-state index < -0.39 is 0 Å². The molecule has 0 amide bonds. The summed E-state index contributed by atoms with van der Waals surface area (Å²) in [6.45, 7) is 7.02. The van der Waals surface area contributed by atoms with Crippen LogP contribution in [0.25, 0.3) is 0 Å². The number of nitrogen functional groups attached to an aromatic ring is 1. The number of anilines is 1. The quantitative estimate of drug-likeness (QED) is 0.760. The Morgan fingerprint density at radius 3 is 2.54 bits per heavy atom. The van der Waals surface area contributed by atoms with Gasteiger partial charge < -0.3 is 10.5 Å². The van der Waals surface area contributed by atoms with Gasteiger partial charge in [-0.2, -0.15) is 5.26 Å². The Labute approximate surface area is 153 Å². The van der Waals surface area contributed by atoms with Crippen molar-refractivity contribution < 1.29 is 4.74 Å². The third kappa shape index (κ3) is 3.55. The third-order valence-electron chi connectivity index (χ3n) is 4.60. The lowest BCUT2D eigenvalue weighted by molar-refractivity contribution is 0.289. The SMILES string of the molecule is Cc1ccc(COc2nn(Cc3ccccc3C)c(N)c2C#N)cc1C. The number of benzene rings is 2. The first-order valence-corrected chi connectivity index (χ1v) is 8.49. The van der Waals surface area contributed by atoms with E-state index >= 15 is 0 Å². The zero-order valence-corrected chi connectivity index (χ0v) is 15.3. The van der Waals surface area contributed by atoms with Crippen LogP contribution in [0.2, 0.25) is 0 Å². The molecule has 2 N–H and O–H groups in total. The number of ether oxygens (including phenoxy) is 1. The maximum atomic E-state index is 9.45. The summed E-state index contributed by atoms with van der Waals surface area (Å²) in [5.41, 5.74) is 12.1. The van der Waals surface area contributed by atoms with Gasteiger partial charge in [-0.05, 0) is 48.6 Å². The van der Waals surface area contributed by atoms with E-state index in [2.05, 4.69) is 37.1 Å². The van der Waals surface area contributed by atoms with Crippen molar-refractivity contribution in [2.45, 2.75) is 33.9 Å². The van der Waals surface area contributed by atoms with Crippen LogP contribution < -0.4 is 10.5 Å². The summed E-state index contributed by atoms with van der Waals surface area (Å²) in [6.07, 6.45) is 0. The highest BCUT2D eigenvalue weighted by atomic mass is 16.5. The fourth-order valence-electron chi connectivity index (χ4n) is 2.77. The molecule has 3 rings (SSSR count). The first kappa shape index (κ1) is 17.6. The van der Waals surface area contributed by atoms with Crippen LogP contribution >= 0.6 is 0 Å². The fraction of sp³-hybridized carbons (Fsp3) is 0.238. The van der Waals surface area contributed by atoms with E-state index in [9.17, 15) is 5.26 Å². The van der Waals surface area contributed by atoms with Crippen LogP contribution in [0, 0.1) is 32.1 Å². The molecule has 0 fully saturated rings. The maximum absolute atomic E-state index is 9.45. The van der Waals surface area contributed by atoms with Crippen molar-refractivity contribution in [2.75, 3.05) is 5.73 Å². The largest absolute Gasteiger partial charge is 0.471 e. The topological polar surface area (TPSA) is 76.9 Å². The number of aromatic nitrogens is 2. The van der Waals surface area contributed by atoms with E-state index in [0.29, 0.717) is 19.0 Å². The third-order valence-corrected chi connectivity index (χ3v) is 4.60. The monoisotopic (exact) mass is 346 g/mol. The van der Waals surface area contributed by atoms with Crippen molar-refractivity contribution in [2.24, 2.45) is 0 Å². The average Bonchev–Trinajstić information content (AvgIpc) is 2.93. The van der Waals surface area contributed by atoms with E-state index in [1.807, 2.05) is 37.3 Å². The summed E-state index contributed by atoms with van der Waals surface area (Å²) in [5, 5.41) is 13.9. The van der Waals surface area contributed by atoms with Crippen molar-refractivity contribution in [3.05, 3.63) is 75.8 Å². The number of hydrogen-bond acceptors (Lipinski definition) is 4. The molecule has 0 bridgehead atoms. The van der Waals surface area contributed by atoms with E-state index in [1.165, 1.54) is 11.1 Å². The molecule has 0 aliphatic rings. The molecule has 0 aliphatic carbocycles. The van der Waals surface area contributed by atoms with Gasteiger partial charge in [0.25, 0.3) is 5.88 Å². The molecule has 0 saturated heterocycles. The fourth-order valence-corrected chi connectivity index (χ4v) is 2.77. The van der Waals surface area contributed by atoms with Gasteiger partial charge in [0.05, 0.1) is 6.54 Å². The Morgan fingerprint density at radius 2 is 1.85 bits per heavy atom. The van der Waals surface area contributed by atoms with Crippen LogP contribution in [-0.2, 0) is 13.2 Å². The van der Waals surface area contributed by atoms with Gasteiger partial charge in [0.1, 0.15) is 18.5 Å². The Morgan fingerprint density at radius 1 is 1.08 bits per heavy atom. The molecule has 3 aromatic rings. The van der Waals surface area contributed by atoms with Gasteiger partial charge in [0, 0.05) is 0 Å². The molecular formula is C21H22N4O. The highest BCUT2D eigenvalue weighted by Crippen LogP contribution is 2.25. The number of nitrogens with two attached hydrogens (primary N) is 1. The van der Waals surface area contributed by atoms with Gasteiger partial charge in [-0.25, -0.2) is 4.68 Å². The molecule has 0 radical (unpaired) electrons. The Bertz CT molecular complexity index is 982. The molecule has 0 unspecified atom stereocenters. The summed E-state index contributed by atoms with van der Waals surface area (Å²) < 4.78 is 7.43. The van der Waals surface area contributed by atoms with Crippen molar-refractivity contribution >= 4 is 5.82 Å². The van der Waals surface area contributed by atoms with Gasteiger partial charge >= 0.3 is 0 Å². The number of nitrogens with zero attached hydrogens (tertiary/aromatic N) is 3. The highest BCUT2D eigenvalue weighted by Gasteiger charge is 2.17. The summed E-state index contributed by atoms with van der Waals surface area (Å²) in [5.74, 6) is 0.600. The van der Waals surface area contributed by atoms with Crippen molar-refractivity contribution in [3.63, 3.8) is 0 Å². The van der Waals surface area contributed by atoms with Crippen LogP contribution in [0.15, 0.2) is 42.5 Å². The van der Waals surface area contributed by atoms with Gasteiger partial charge in [0.15, 0.2) is 5.56 Å². The number of nitriles is 1. The van der Waals surface area contributed by atoms with E-state index in [0.717, 1.165) is 16.7 Å². The molecule has 0 saturated carbocycles. The second-order valence-electron chi connectivity index (χ2n) is 6.47. The minimum absolute atomic E-state index is 0.275. The Balaban J connectivity index is 1.82. The van der Waals surface area contributed by atoms with E-state index in [4.69, 9.17) is 10.5 Å². The smallest absolute Gasteiger partial charge is 0.253 e. The van der Waals surface area contributed by atoms with Gasteiger partial charge in [-0.1, -0.05) is 42.5 Å². The number of hydrogen-bond donors (Lipinski definition) is 1. The highest BCUT2D eigenvalue weighted by molar-refractivity contribution is 5.55. The normalized spacial score (nSPS) is 10.5. The van der Waals surface area contributed by atoms with Crippen molar-refractivity contribution in [1.82, 2.24) is 9.78 Å². The van der Waals surface area contributed by atoms with Gasteiger partial charge in [0.2, 0.25) is 0 Å². The molecule has 0 aliphatic heterocycles. The Hall–Kier alpha value is -3.26. The second-order valence-corrected chi connectivity index (χ2v) is 6.47.